The molecule has 0 amide bonds. The number of rotatable bonds is 7. The number of hydrogen-bond donors (Lipinski definition) is 0. The van der Waals surface area contributed by atoms with E-state index in [0.717, 1.165) is 25.2 Å². The Morgan fingerprint density at radius 1 is 1.17 bits per heavy atom. The first-order chi connectivity index (χ1) is 13.8. The fourth-order valence-electron chi connectivity index (χ4n) is 6.40. The topological polar surface area (TPSA) is 26.3 Å². The molecule has 0 bridgehead atoms. The van der Waals surface area contributed by atoms with E-state index in [0.29, 0.717) is 17.4 Å². The van der Waals surface area contributed by atoms with Crippen LogP contribution in [-0.4, -0.2) is 11.6 Å². The van der Waals surface area contributed by atoms with E-state index in [1.54, 1.807) is 0 Å². The zero-order valence-corrected chi connectivity index (χ0v) is 18.7. The molecule has 1 aromatic rings. The summed E-state index contributed by atoms with van der Waals surface area (Å²) in [5.41, 5.74) is -0.00321. The van der Waals surface area contributed by atoms with E-state index in [1.807, 2.05) is 30.3 Å². The Morgan fingerprint density at radius 2 is 1.90 bits per heavy atom. The maximum atomic E-state index is 12.9. The van der Waals surface area contributed by atoms with Gasteiger partial charge in [-0.05, 0) is 67.4 Å². The van der Waals surface area contributed by atoms with Gasteiger partial charge in [-0.25, -0.2) is 4.79 Å². The first-order valence-corrected chi connectivity index (χ1v) is 11.6. The third kappa shape index (κ3) is 4.40. The minimum absolute atomic E-state index is 0.166. The summed E-state index contributed by atoms with van der Waals surface area (Å²) in [6.45, 7) is 9.47. The molecule has 0 spiro atoms. The molecule has 29 heavy (non-hydrogen) atoms. The van der Waals surface area contributed by atoms with Crippen molar-refractivity contribution in [2.75, 3.05) is 0 Å². The van der Waals surface area contributed by atoms with Crippen molar-refractivity contribution in [3.63, 3.8) is 0 Å². The predicted octanol–water partition coefficient (Wildman–Crippen LogP) is 6.89. The van der Waals surface area contributed by atoms with E-state index >= 15 is 0 Å². The molecular weight excluding hydrogens is 356 g/mol. The third-order valence-electron chi connectivity index (χ3n) is 7.89. The van der Waals surface area contributed by atoms with E-state index in [1.165, 1.54) is 32.1 Å². The number of ether oxygens (including phenoxy) is 1. The zero-order chi connectivity index (χ0) is 21.1. The van der Waals surface area contributed by atoms with Gasteiger partial charge in [0.1, 0.15) is 0 Å². The van der Waals surface area contributed by atoms with Crippen molar-refractivity contribution < 1.29 is 9.53 Å². The molecule has 2 aliphatic carbocycles. The number of esters is 1. The lowest BCUT2D eigenvalue weighted by molar-refractivity contribution is -0.0852. The molecule has 1 aromatic carbocycles. The lowest BCUT2D eigenvalue weighted by Crippen LogP contribution is -2.51. The number of carbonyl (C=O) groups excluding carboxylic acids is 1. The van der Waals surface area contributed by atoms with Crippen molar-refractivity contribution in [2.24, 2.45) is 29.1 Å². The number of terminal acetylenes is 1. The van der Waals surface area contributed by atoms with E-state index in [2.05, 4.69) is 33.6 Å². The van der Waals surface area contributed by atoms with Crippen LogP contribution in [0.5, 0.6) is 0 Å². The van der Waals surface area contributed by atoms with Crippen molar-refractivity contribution in [3.8, 4) is 12.3 Å². The van der Waals surface area contributed by atoms with Gasteiger partial charge in [-0.1, -0.05) is 71.1 Å². The number of benzene rings is 1. The van der Waals surface area contributed by atoms with Gasteiger partial charge in [0, 0.05) is 5.92 Å². The minimum Gasteiger partial charge on any atom is -0.442 e. The van der Waals surface area contributed by atoms with Gasteiger partial charge >= 0.3 is 5.97 Å². The van der Waals surface area contributed by atoms with E-state index in [9.17, 15) is 4.79 Å². The molecule has 0 heterocycles. The number of carbonyl (C=O) groups is 1. The van der Waals surface area contributed by atoms with Crippen molar-refractivity contribution in [1.29, 1.82) is 0 Å². The second-order valence-corrected chi connectivity index (χ2v) is 10.2. The lowest BCUT2D eigenvalue weighted by atomic mass is 9.57. The maximum absolute atomic E-state index is 12.9. The first-order valence-electron chi connectivity index (χ1n) is 11.6. The van der Waals surface area contributed by atoms with Crippen molar-refractivity contribution in [3.05, 3.63) is 35.9 Å². The SMILES string of the molecule is C#C[C@]1(OC(=O)c2ccccc2)CCCC2(C)C(C(C)CCCC(C)C)CCC21. The largest absolute Gasteiger partial charge is 0.442 e. The monoisotopic (exact) mass is 394 g/mol. The Hall–Kier alpha value is -1.75. The summed E-state index contributed by atoms with van der Waals surface area (Å²) < 4.78 is 6.16. The second-order valence-electron chi connectivity index (χ2n) is 10.2. The van der Waals surface area contributed by atoms with Crippen LogP contribution in [0.2, 0.25) is 0 Å². The average molecular weight is 395 g/mol. The molecule has 2 saturated carbocycles. The molecule has 158 valence electrons. The van der Waals surface area contributed by atoms with Crippen LogP contribution in [0.25, 0.3) is 0 Å². The highest BCUT2D eigenvalue weighted by molar-refractivity contribution is 5.89. The lowest BCUT2D eigenvalue weighted by Gasteiger charge is -2.50. The van der Waals surface area contributed by atoms with Gasteiger partial charge in [0.2, 0.25) is 0 Å². The van der Waals surface area contributed by atoms with Crippen LogP contribution in [0.4, 0.5) is 0 Å². The fourth-order valence-corrected chi connectivity index (χ4v) is 6.40. The molecule has 5 atom stereocenters. The molecule has 2 fully saturated rings. The van der Waals surface area contributed by atoms with Gasteiger partial charge < -0.3 is 4.74 Å². The Kier molecular flexibility index (Phi) is 6.77. The van der Waals surface area contributed by atoms with Gasteiger partial charge in [-0.2, -0.15) is 0 Å². The first kappa shape index (κ1) is 21.9. The standard InChI is InChI=1S/C27H38O2/c1-6-27(29-25(28)22-14-8-7-9-15-22)19-11-18-26(5)23(16-17-24(26)27)21(4)13-10-12-20(2)3/h1,7-9,14-15,20-21,23-24H,10-13,16-19H2,2-5H3/t21?,23?,24?,26?,27-/m0/s1. The van der Waals surface area contributed by atoms with Crippen LogP contribution >= 0.6 is 0 Å². The predicted molar refractivity (Wildman–Crippen MR) is 119 cm³/mol. The van der Waals surface area contributed by atoms with Crippen LogP contribution in [-0.2, 0) is 4.74 Å². The summed E-state index contributed by atoms with van der Waals surface area (Å²) in [6, 6.07) is 9.27. The summed E-state index contributed by atoms with van der Waals surface area (Å²) in [7, 11) is 0. The minimum atomic E-state index is -0.758. The molecule has 3 rings (SSSR count). The Morgan fingerprint density at radius 3 is 2.55 bits per heavy atom. The summed E-state index contributed by atoms with van der Waals surface area (Å²) in [6.07, 6.45) is 15.3. The molecule has 2 aliphatic rings. The normalized spacial score (nSPS) is 32.4. The molecule has 0 radical (unpaired) electrons. The van der Waals surface area contributed by atoms with Gasteiger partial charge in [0.15, 0.2) is 5.60 Å². The van der Waals surface area contributed by atoms with Crippen LogP contribution in [0.3, 0.4) is 0 Å². The van der Waals surface area contributed by atoms with Crippen LogP contribution in [0.1, 0.15) is 89.4 Å². The van der Waals surface area contributed by atoms with Gasteiger partial charge in [0.25, 0.3) is 0 Å². The van der Waals surface area contributed by atoms with Gasteiger partial charge in [-0.15, -0.1) is 6.42 Å². The second kappa shape index (κ2) is 8.95. The third-order valence-corrected chi connectivity index (χ3v) is 7.89. The van der Waals surface area contributed by atoms with E-state index in [-0.39, 0.29) is 17.3 Å². The van der Waals surface area contributed by atoms with Crippen LogP contribution < -0.4 is 0 Å². The summed E-state index contributed by atoms with van der Waals surface area (Å²) in [5.74, 6) is 5.11. The highest BCUT2D eigenvalue weighted by atomic mass is 16.6. The zero-order valence-electron chi connectivity index (χ0n) is 18.7. The highest BCUT2D eigenvalue weighted by Crippen LogP contribution is 2.62. The van der Waals surface area contributed by atoms with Gasteiger partial charge in [-0.3, -0.25) is 0 Å². The molecule has 0 aromatic heterocycles. The van der Waals surface area contributed by atoms with Gasteiger partial charge in [0.05, 0.1) is 5.56 Å². The van der Waals surface area contributed by atoms with Crippen LogP contribution in [0.15, 0.2) is 30.3 Å². The maximum Gasteiger partial charge on any atom is 0.339 e. The number of hydrogen-bond acceptors (Lipinski definition) is 2. The molecule has 0 N–H and O–H groups in total. The van der Waals surface area contributed by atoms with E-state index < -0.39 is 5.60 Å². The molecule has 2 nitrogen and oxygen atoms in total. The van der Waals surface area contributed by atoms with E-state index in [4.69, 9.17) is 11.2 Å². The number of fused-ring (bicyclic) bond motifs is 1. The Balaban J connectivity index is 1.77. The smallest absolute Gasteiger partial charge is 0.339 e. The Bertz CT molecular complexity index is 731. The average Bonchev–Trinajstić information content (AvgIpc) is 3.06. The fraction of sp³-hybridized carbons (Fsp3) is 0.667. The Labute approximate surface area is 177 Å². The molecule has 4 unspecified atom stereocenters. The molecule has 0 saturated heterocycles. The van der Waals surface area contributed by atoms with Crippen molar-refractivity contribution >= 4 is 5.97 Å². The molecule has 0 aliphatic heterocycles. The summed E-state index contributed by atoms with van der Waals surface area (Å²) >= 11 is 0. The van der Waals surface area contributed by atoms with Crippen molar-refractivity contribution in [2.45, 2.75) is 84.7 Å². The quantitative estimate of drug-likeness (QED) is 0.371. The molecule has 2 heteroatoms. The summed E-state index contributed by atoms with van der Waals surface area (Å²) in [4.78, 5) is 12.9. The van der Waals surface area contributed by atoms with Crippen molar-refractivity contribution in [1.82, 2.24) is 0 Å². The van der Waals surface area contributed by atoms with Crippen LogP contribution in [0, 0.1) is 41.4 Å². The summed E-state index contributed by atoms with van der Waals surface area (Å²) in [5, 5.41) is 0. The molecular formula is C27H38O2. The highest BCUT2D eigenvalue weighted by Gasteiger charge is 2.59.